The van der Waals surface area contributed by atoms with Crippen molar-refractivity contribution < 1.29 is 31.1 Å². The number of β-lactam (4-membered cyclic amide) rings is 1. The minimum atomic E-state index is -4.24. The molecule has 3 unspecified atom stereocenters. The summed E-state index contributed by atoms with van der Waals surface area (Å²) in [6, 6.07) is 52.8. The molecule has 11 heteroatoms. The maximum absolute atomic E-state index is 14.8. The van der Waals surface area contributed by atoms with Crippen molar-refractivity contribution in [1.29, 1.82) is 0 Å². The quantitative estimate of drug-likeness (QED) is 0.0415. The summed E-state index contributed by atoms with van der Waals surface area (Å²) >= 11 is 0. The van der Waals surface area contributed by atoms with Gasteiger partial charge in [-0.1, -0.05) is 169 Å². The van der Waals surface area contributed by atoms with Gasteiger partial charge in [0.1, 0.15) is 28.3 Å². The highest BCUT2D eigenvalue weighted by Crippen LogP contribution is 2.43. The first-order valence-electron chi connectivity index (χ1n) is 19.0. The van der Waals surface area contributed by atoms with Crippen LogP contribution in [0.25, 0.3) is 0 Å². The smallest absolute Gasteiger partial charge is 0.356 e. The zero-order valence-electron chi connectivity index (χ0n) is 32.0. The van der Waals surface area contributed by atoms with E-state index in [1.807, 2.05) is 159 Å². The Morgan fingerprint density at radius 3 is 1.66 bits per heavy atom. The molecular formula is C48H40N2O7S2. The van der Waals surface area contributed by atoms with Crippen LogP contribution in [0.4, 0.5) is 0 Å². The second-order valence-corrected chi connectivity index (χ2v) is 17.3. The molecule has 0 aliphatic carbocycles. The zero-order chi connectivity index (χ0) is 41.0. The number of amides is 1. The third-order valence-electron chi connectivity index (χ3n) is 10.5. The molecule has 6 aromatic carbocycles. The van der Waals surface area contributed by atoms with Gasteiger partial charge in [-0.3, -0.25) is 19.2 Å². The summed E-state index contributed by atoms with van der Waals surface area (Å²) in [4.78, 5) is 30.6. The summed E-state index contributed by atoms with van der Waals surface area (Å²) < 4.78 is 52.3. The number of ether oxygens (including phenoxy) is 1. The molecule has 1 N–H and O–H groups in total. The summed E-state index contributed by atoms with van der Waals surface area (Å²) in [7, 11) is -6.02. The predicted molar refractivity (Wildman–Crippen MR) is 226 cm³/mol. The molecule has 1 fully saturated rings. The molecule has 8 rings (SSSR count). The Bertz CT molecular complexity index is 2500. The number of esters is 1. The second-order valence-electron chi connectivity index (χ2n) is 14.2. The van der Waals surface area contributed by atoms with E-state index in [9.17, 15) is 22.2 Å². The molecular weight excluding hydrogens is 781 g/mol. The maximum atomic E-state index is 14.8. The minimum Gasteiger partial charge on any atom is -0.448 e. The van der Waals surface area contributed by atoms with Crippen molar-refractivity contribution in [2.45, 2.75) is 34.9 Å². The van der Waals surface area contributed by atoms with Gasteiger partial charge in [-0.05, 0) is 58.5 Å². The summed E-state index contributed by atoms with van der Waals surface area (Å²) in [5.74, 6) is -1.55. The number of aryl methyl sites for hydroxylation is 1. The Balaban J connectivity index is 1.20. The van der Waals surface area contributed by atoms with Gasteiger partial charge in [-0.2, -0.15) is 8.42 Å². The molecule has 1 saturated heterocycles. The molecule has 1 amide bonds. The van der Waals surface area contributed by atoms with Gasteiger partial charge in [0.2, 0.25) is 5.91 Å². The molecule has 0 radical (unpaired) electrons. The van der Waals surface area contributed by atoms with E-state index < -0.39 is 55.9 Å². The van der Waals surface area contributed by atoms with Crippen LogP contribution in [0.1, 0.15) is 39.5 Å². The van der Waals surface area contributed by atoms with Crippen LogP contribution in [0.3, 0.4) is 0 Å². The Hall–Kier alpha value is -6.40. The molecule has 0 aromatic heterocycles. The van der Waals surface area contributed by atoms with Gasteiger partial charge in [0.25, 0.3) is 0 Å². The molecule has 9 nitrogen and oxygen atoms in total. The molecule has 2 aliphatic heterocycles. The van der Waals surface area contributed by atoms with Gasteiger partial charge >= 0.3 is 16.1 Å². The molecule has 59 heavy (non-hydrogen) atoms. The molecule has 296 valence electrons. The van der Waals surface area contributed by atoms with E-state index in [1.165, 1.54) is 23.1 Å². The summed E-state index contributed by atoms with van der Waals surface area (Å²) in [5.41, 5.74) is 3.72. The van der Waals surface area contributed by atoms with E-state index in [4.69, 9.17) is 8.92 Å². The minimum absolute atomic E-state index is 0.0622. The fraction of sp³-hybridized carbons (Fsp3) is 0.125. The lowest BCUT2D eigenvalue weighted by Gasteiger charge is -2.52. The monoisotopic (exact) mass is 820 g/mol. The van der Waals surface area contributed by atoms with Crippen LogP contribution in [0, 0.1) is 6.92 Å². The topological polar surface area (TPSA) is 119 Å². The second kappa shape index (κ2) is 16.8. The number of benzene rings is 6. The normalized spacial score (nSPS) is 18.0. The summed E-state index contributed by atoms with van der Waals surface area (Å²) in [6.07, 6.45) is 1.35. The van der Waals surface area contributed by atoms with Crippen LogP contribution in [-0.2, 0) is 45.0 Å². The lowest BCUT2D eigenvalue weighted by molar-refractivity contribution is -0.154. The molecule has 0 saturated carbocycles. The lowest BCUT2D eigenvalue weighted by Crippen LogP contribution is -2.75. The standard InChI is InChI=1S/C48H40N2O7S2/c1-34-27-29-41(30-28-34)59(54,55)56-32-31-37-33-58(53)46-42(49-48(38-21-11-4-12-22-38,39-23-13-5-14-24-39)40-25-15-6-16-26-40)45(51)50(46)43(37)47(52)57-44(35-17-7-2-8-18-35)36-19-9-3-10-20-36/h2-32,42,44,46,49H,33H2,1H3. The Morgan fingerprint density at radius 1 is 0.729 bits per heavy atom. The zero-order valence-corrected chi connectivity index (χ0v) is 33.6. The van der Waals surface area contributed by atoms with Gasteiger partial charge in [0.15, 0.2) is 6.10 Å². The van der Waals surface area contributed by atoms with Crippen molar-refractivity contribution in [1.82, 2.24) is 10.2 Å². The van der Waals surface area contributed by atoms with E-state index in [2.05, 4.69) is 5.32 Å². The van der Waals surface area contributed by atoms with E-state index >= 15 is 0 Å². The van der Waals surface area contributed by atoms with Crippen molar-refractivity contribution in [3.63, 3.8) is 0 Å². The molecule has 0 spiro atoms. The largest absolute Gasteiger partial charge is 0.448 e. The first-order chi connectivity index (χ1) is 28.7. The summed E-state index contributed by atoms with van der Waals surface area (Å²) in [6.45, 7) is 1.84. The molecule has 6 aromatic rings. The van der Waals surface area contributed by atoms with Crippen LogP contribution in [0.15, 0.2) is 204 Å². The number of carbonyl (C=O) groups excluding carboxylic acids is 2. The lowest BCUT2D eigenvalue weighted by atomic mass is 9.76. The SMILES string of the molecule is Cc1ccc(S(=O)(=O)OC=CC2=C(C(=O)OC(c3ccccc3)c3ccccc3)N3C(=O)C(NC(c4ccccc4)(c4ccccc4)c4ccccc4)C3S(=O)C2)cc1. The maximum Gasteiger partial charge on any atom is 0.356 e. The molecule has 2 heterocycles. The third kappa shape index (κ3) is 7.80. The van der Waals surface area contributed by atoms with Gasteiger partial charge in [-0.25, -0.2) is 4.79 Å². The van der Waals surface area contributed by atoms with Gasteiger partial charge in [0.05, 0.1) is 22.1 Å². The fourth-order valence-electron chi connectivity index (χ4n) is 7.66. The Labute approximate surface area is 346 Å². The summed E-state index contributed by atoms with van der Waals surface area (Å²) in [5, 5.41) is 2.68. The number of rotatable bonds is 13. The van der Waals surface area contributed by atoms with E-state index in [-0.39, 0.29) is 21.9 Å². The van der Waals surface area contributed by atoms with E-state index in [0.717, 1.165) is 28.5 Å². The van der Waals surface area contributed by atoms with Crippen molar-refractivity contribution in [3.8, 4) is 0 Å². The average Bonchev–Trinajstić information content (AvgIpc) is 3.27. The van der Waals surface area contributed by atoms with Gasteiger partial charge in [0, 0.05) is 0 Å². The predicted octanol–water partition coefficient (Wildman–Crippen LogP) is 7.68. The number of fused-ring (bicyclic) bond motifs is 1. The third-order valence-corrected chi connectivity index (χ3v) is 13.4. The number of nitrogens with zero attached hydrogens (tertiary/aromatic N) is 1. The molecule has 2 aliphatic rings. The first-order valence-corrected chi connectivity index (χ1v) is 21.8. The average molecular weight is 821 g/mol. The van der Waals surface area contributed by atoms with Crippen LogP contribution in [0.5, 0.6) is 0 Å². The van der Waals surface area contributed by atoms with Gasteiger partial charge < -0.3 is 8.92 Å². The Morgan fingerprint density at radius 2 is 1.19 bits per heavy atom. The van der Waals surface area contributed by atoms with Crippen molar-refractivity contribution in [2.75, 3.05) is 5.75 Å². The number of hydrogen-bond acceptors (Lipinski definition) is 8. The van der Waals surface area contributed by atoms with E-state index in [0.29, 0.717) is 11.1 Å². The highest BCUT2D eigenvalue weighted by atomic mass is 32.2. The van der Waals surface area contributed by atoms with Crippen LogP contribution < -0.4 is 5.32 Å². The van der Waals surface area contributed by atoms with Crippen molar-refractivity contribution >= 4 is 32.8 Å². The van der Waals surface area contributed by atoms with Gasteiger partial charge in [-0.15, -0.1) is 0 Å². The number of nitrogens with one attached hydrogen (secondary N) is 1. The van der Waals surface area contributed by atoms with Crippen LogP contribution in [0.2, 0.25) is 0 Å². The number of carbonyl (C=O) groups is 2. The van der Waals surface area contributed by atoms with E-state index in [1.54, 1.807) is 12.1 Å². The highest BCUT2D eigenvalue weighted by Gasteiger charge is 2.59. The first kappa shape index (κ1) is 39.4. The number of hydrogen-bond donors (Lipinski definition) is 1. The molecule has 0 bridgehead atoms. The molecule has 3 atom stereocenters. The van der Waals surface area contributed by atoms with Crippen molar-refractivity contribution in [3.05, 3.63) is 233 Å². The number of allylic oxidation sites excluding steroid dienone is 1. The van der Waals surface area contributed by atoms with Crippen molar-refractivity contribution in [2.24, 2.45) is 0 Å². The Kier molecular flexibility index (Phi) is 11.2. The van der Waals surface area contributed by atoms with Crippen LogP contribution >= 0.6 is 0 Å². The fourth-order valence-corrected chi connectivity index (χ4v) is 10.1. The van der Waals surface area contributed by atoms with Crippen LogP contribution in [-0.4, -0.2) is 46.6 Å². The highest BCUT2D eigenvalue weighted by molar-refractivity contribution is 7.87.